The predicted molar refractivity (Wildman–Crippen MR) is 145 cm³/mol. The second-order valence-electron chi connectivity index (χ2n) is 9.32. The summed E-state index contributed by atoms with van der Waals surface area (Å²) in [5.41, 5.74) is 4.10. The number of carbonyl (C=O) groups excluding carboxylic acids is 1. The normalized spacial score (nSPS) is 17.6. The Morgan fingerprint density at radius 2 is 2.10 bits per heavy atom. The number of carbonyl (C=O) groups is 1. The first-order chi connectivity index (χ1) is 19.2. The summed E-state index contributed by atoms with van der Waals surface area (Å²) in [5.74, 6) is -1.52. The zero-order chi connectivity index (χ0) is 28.3. The molecule has 1 saturated heterocycles. The van der Waals surface area contributed by atoms with Crippen molar-refractivity contribution in [3.8, 4) is 29.0 Å². The highest BCUT2D eigenvalue weighted by Gasteiger charge is 2.36. The minimum Gasteiger partial charge on any atom is -0.491 e. The molecule has 4 aromatic rings. The average Bonchev–Trinajstić information content (AvgIpc) is 3.51. The van der Waals surface area contributed by atoms with E-state index in [0.717, 1.165) is 11.3 Å². The molecule has 0 saturated carbocycles. The third-order valence-corrected chi connectivity index (χ3v) is 8.42. The van der Waals surface area contributed by atoms with E-state index in [4.69, 9.17) is 26.8 Å². The molecule has 2 aromatic heterocycles. The molecule has 0 aliphatic carbocycles. The fourth-order valence-electron chi connectivity index (χ4n) is 5.39. The number of rotatable bonds is 4. The van der Waals surface area contributed by atoms with Crippen LogP contribution in [0.25, 0.3) is 32.1 Å². The number of benzene rings is 2. The number of halogens is 4. The summed E-state index contributed by atoms with van der Waals surface area (Å²) in [5, 5.41) is 10.3. The number of ether oxygens (including phenoxy) is 2. The van der Waals surface area contributed by atoms with Crippen molar-refractivity contribution < 1.29 is 27.4 Å². The Bertz CT molecular complexity index is 1740. The topological polar surface area (TPSA) is 118 Å². The minimum atomic E-state index is -2.14. The molecule has 14 heteroatoms. The van der Waals surface area contributed by atoms with Crippen LogP contribution in [0.3, 0.4) is 0 Å². The van der Waals surface area contributed by atoms with Gasteiger partial charge >= 0.3 is 6.01 Å². The Balaban J connectivity index is 1.55. The molecule has 40 heavy (non-hydrogen) atoms. The molecule has 1 fully saturated rings. The molecule has 1 amide bonds. The number of nitrogens with two attached hydrogens (primary N) is 1. The number of amides is 1. The van der Waals surface area contributed by atoms with Crippen LogP contribution >= 0.6 is 22.9 Å². The van der Waals surface area contributed by atoms with E-state index in [1.54, 1.807) is 0 Å². The van der Waals surface area contributed by atoms with E-state index in [9.17, 15) is 18.8 Å². The van der Waals surface area contributed by atoms with Crippen molar-refractivity contribution in [1.29, 1.82) is 5.26 Å². The number of likely N-dealkylation sites (tertiary alicyclic amines) is 1. The van der Waals surface area contributed by atoms with Gasteiger partial charge in [0, 0.05) is 30.1 Å². The Kier molecular flexibility index (Phi) is 6.47. The van der Waals surface area contributed by atoms with Gasteiger partial charge in [-0.25, -0.2) is 13.2 Å². The number of hydrogen-bond acceptors (Lipinski definition) is 9. The first-order valence-electron chi connectivity index (χ1n) is 12.2. The number of methoxy groups -OCH3 is 1. The van der Waals surface area contributed by atoms with Crippen molar-refractivity contribution in [3.63, 3.8) is 0 Å². The van der Waals surface area contributed by atoms with E-state index >= 15 is 4.39 Å². The number of nitrogens with zero attached hydrogens (tertiary/aromatic N) is 5. The molecular formula is C26H20ClF3N6O3S. The molecule has 0 radical (unpaired) electrons. The van der Waals surface area contributed by atoms with Gasteiger partial charge in [-0.15, -0.1) is 11.3 Å². The summed E-state index contributed by atoms with van der Waals surface area (Å²) >= 11 is 6.29. The molecule has 0 bridgehead atoms. The molecule has 4 heterocycles. The maximum atomic E-state index is 16.4. The van der Waals surface area contributed by atoms with Crippen LogP contribution in [0.2, 0.25) is 0 Å². The smallest absolute Gasteiger partial charge is 0.318 e. The second-order valence-corrected chi connectivity index (χ2v) is 10.8. The number of nitriles is 1. The minimum absolute atomic E-state index is 0.0377. The van der Waals surface area contributed by atoms with Gasteiger partial charge in [-0.3, -0.25) is 4.79 Å². The van der Waals surface area contributed by atoms with E-state index in [2.05, 4.69) is 9.97 Å². The van der Waals surface area contributed by atoms with E-state index in [-0.39, 0.29) is 73.6 Å². The lowest BCUT2D eigenvalue weighted by molar-refractivity contribution is -0.132. The monoisotopic (exact) mass is 588 g/mol. The predicted octanol–water partition coefficient (Wildman–Crippen LogP) is 4.59. The number of nitrogen functional groups attached to an aromatic ring is 1. The van der Waals surface area contributed by atoms with Crippen molar-refractivity contribution in [2.75, 3.05) is 44.0 Å². The molecule has 2 N–H and O–H groups in total. The van der Waals surface area contributed by atoms with Crippen LogP contribution in [0, 0.1) is 23.0 Å². The number of thiophene rings is 1. The van der Waals surface area contributed by atoms with E-state index in [1.165, 1.54) is 30.2 Å². The Morgan fingerprint density at radius 1 is 1.30 bits per heavy atom. The Morgan fingerprint density at radius 3 is 2.83 bits per heavy atom. The molecular weight excluding hydrogens is 569 g/mol. The van der Waals surface area contributed by atoms with Gasteiger partial charge in [0.05, 0.1) is 29.3 Å². The van der Waals surface area contributed by atoms with Gasteiger partial charge in [0.25, 0.3) is 11.5 Å². The van der Waals surface area contributed by atoms with Crippen LogP contribution in [0.1, 0.15) is 12.0 Å². The van der Waals surface area contributed by atoms with E-state index < -0.39 is 23.2 Å². The van der Waals surface area contributed by atoms with Crippen molar-refractivity contribution in [1.82, 2.24) is 14.9 Å². The molecule has 2 aliphatic heterocycles. The van der Waals surface area contributed by atoms with Crippen molar-refractivity contribution in [2.45, 2.75) is 18.1 Å². The van der Waals surface area contributed by atoms with Crippen LogP contribution < -0.4 is 20.1 Å². The summed E-state index contributed by atoms with van der Waals surface area (Å²) in [4.78, 5) is 24.2. The van der Waals surface area contributed by atoms with Crippen LogP contribution in [0.4, 0.5) is 24.0 Å². The molecule has 2 aromatic carbocycles. The number of aromatic nitrogens is 2. The maximum absolute atomic E-state index is 16.4. The number of anilines is 2. The van der Waals surface area contributed by atoms with Gasteiger partial charge in [-0.2, -0.15) is 15.2 Å². The van der Waals surface area contributed by atoms with Gasteiger partial charge in [0.2, 0.25) is 0 Å². The summed E-state index contributed by atoms with van der Waals surface area (Å²) in [7, 11) is 1.35. The fourth-order valence-corrected chi connectivity index (χ4v) is 6.48. The highest BCUT2D eigenvalue weighted by Crippen LogP contribution is 2.46. The highest BCUT2D eigenvalue weighted by molar-refractivity contribution is 7.23. The fraction of sp³-hybridized carbons (Fsp3) is 0.308. The van der Waals surface area contributed by atoms with E-state index in [0.29, 0.717) is 25.3 Å². The van der Waals surface area contributed by atoms with Crippen LogP contribution in [0.5, 0.6) is 11.8 Å². The lowest BCUT2D eigenvalue weighted by atomic mass is 9.96. The Labute approximate surface area is 234 Å². The maximum Gasteiger partial charge on any atom is 0.318 e. The zero-order valence-electron chi connectivity index (χ0n) is 20.9. The first-order valence-corrected chi connectivity index (χ1v) is 13.4. The van der Waals surface area contributed by atoms with Gasteiger partial charge in [-0.1, -0.05) is 17.7 Å². The van der Waals surface area contributed by atoms with Crippen molar-refractivity contribution in [3.05, 3.63) is 35.4 Å². The summed E-state index contributed by atoms with van der Waals surface area (Å²) in [6.45, 7) is 0.997. The van der Waals surface area contributed by atoms with E-state index in [1.807, 2.05) is 11.0 Å². The quantitative estimate of drug-likeness (QED) is 0.344. The molecule has 206 valence electrons. The van der Waals surface area contributed by atoms with Gasteiger partial charge in [0.1, 0.15) is 40.6 Å². The summed E-state index contributed by atoms with van der Waals surface area (Å²) in [6.07, 6.45) is 0.503. The van der Waals surface area contributed by atoms with Crippen LogP contribution in [0.15, 0.2) is 18.2 Å². The largest absolute Gasteiger partial charge is 0.491 e. The summed E-state index contributed by atoms with van der Waals surface area (Å²) < 4.78 is 56.1. The molecule has 2 atom stereocenters. The molecule has 2 aliphatic rings. The SMILES string of the molecule is COc1nc2c3c(cc(-c4ccc(F)c5sc(N)c(C#N)c45)c(F)c3n1)OCCN2C1CCN(C(=O)C(F)Cl)C1. The van der Waals surface area contributed by atoms with Crippen LogP contribution in [-0.4, -0.2) is 65.8 Å². The lowest BCUT2D eigenvalue weighted by Crippen LogP contribution is -2.42. The van der Waals surface area contributed by atoms with Gasteiger partial charge in [-0.05, 0) is 24.1 Å². The molecule has 2 unspecified atom stereocenters. The van der Waals surface area contributed by atoms with Crippen molar-refractivity contribution in [2.24, 2.45) is 0 Å². The summed E-state index contributed by atoms with van der Waals surface area (Å²) in [6, 6.07) is 5.69. The third-order valence-electron chi connectivity index (χ3n) is 7.20. The standard InChI is InChI=1S/C26H20ClF3N6O3S/c1-38-26-33-20-18-16(39-7-6-36(24(18)34-26)11-4-5-35(10-11)25(37)22(27)30)8-13(19(20)29)12-2-3-15(28)21-17(12)14(9-31)23(32)40-21/h2-3,8,11,22H,4-7,10,32H2,1H3. The number of fused-ring (bicyclic) bond motifs is 1. The first kappa shape index (κ1) is 26.2. The molecule has 9 nitrogen and oxygen atoms in total. The third kappa shape index (κ3) is 4.01. The van der Waals surface area contributed by atoms with Gasteiger partial charge in [0.15, 0.2) is 5.82 Å². The molecule has 6 rings (SSSR count). The van der Waals surface area contributed by atoms with Crippen LogP contribution in [-0.2, 0) is 4.79 Å². The lowest BCUT2D eigenvalue weighted by Gasteiger charge is -2.29. The average molecular weight is 589 g/mol. The van der Waals surface area contributed by atoms with Gasteiger partial charge < -0.3 is 25.0 Å². The number of alkyl halides is 2. The second kappa shape index (κ2) is 9.87. The Hall–Kier alpha value is -4.02. The number of hydrogen-bond donors (Lipinski definition) is 1. The zero-order valence-corrected chi connectivity index (χ0v) is 22.5. The highest BCUT2D eigenvalue weighted by atomic mass is 35.5. The van der Waals surface area contributed by atoms with Crippen molar-refractivity contribution >= 4 is 60.7 Å². The molecule has 0 spiro atoms.